The topological polar surface area (TPSA) is 58.6 Å². The molecule has 1 aliphatic heterocycles. The Morgan fingerprint density at radius 2 is 2.07 bits per heavy atom. The molecule has 2 fully saturated rings. The largest absolute Gasteiger partial charge is 0.385 e. The van der Waals surface area contributed by atoms with Gasteiger partial charge in [-0.05, 0) is 68.7 Å². The quantitative estimate of drug-likeness (QED) is 0.821. The van der Waals surface area contributed by atoms with E-state index in [2.05, 4.69) is 12.2 Å². The van der Waals surface area contributed by atoms with Gasteiger partial charge in [-0.1, -0.05) is 13.3 Å². The number of methoxy groups -OCH3 is 1. The van der Waals surface area contributed by atoms with Crippen LogP contribution in [0.3, 0.4) is 0 Å². The molecule has 0 radical (unpaired) electrons. The lowest BCUT2D eigenvalue weighted by molar-refractivity contribution is -0.131. The van der Waals surface area contributed by atoms with Crippen molar-refractivity contribution in [2.24, 2.45) is 11.3 Å². The third-order valence-electron chi connectivity index (χ3n) is 6.24. The van der Waals surface area contributed by atoms with Crippen LogP contribution >= 0.6 is 0 Å². The van der Waals surface area contributed by atoms with Gasteiger partial charge < -0.3 is 15.0 Å². The van der Waals surface area contributed by atoms with Gasteiger partial charge >= 0.3 is 0 Å². The van der Waals surface area contributed by atoms with E-state index in [9.17, 15) is 9.59 Å². The number of hydrogen-bond donors (Lipinski definition) is 1. The van der Waals surface area contributed by atoms with Gasteiger partial charge in [0.2, 0.25) is 5.91 Å². The van der Waals surface area contributed by atoms with E-state index in [1.165, 1.54) is 6.42 Å². The number of carbonyl (C=O) groups is 2. The van der Waals surface area contributed by atoms with Crippen molar-refractivity contribution in [1.82, 2.24) is 4.90 Å². The molecule has 0 spiro atoms. The summed E-state index contributed by atoms with van der Waals surface area (Å²) < 4.78 is 5.18. The van der Waals surface area contributed by atoms with E-state index in [-0.39, 0.29) is 17.2 Å². The number of rotatable bonds is 6. The number of nitrogens with zero attached hydrogens (tertiary/aromatic N) is 1. The normalized spacial score (nSPS) is 21.4. The number of amides is 2. The van der Waals surface area contributed by atoms with Gasteiger partial charge in [0, 0.05) is 38.1 Å². The second-order valence-electron chi connectivity index (χ2n) is 8.36. The molecule has 2 amide bonds. The van der Waals surface area contributed by atoms with Gasteiger partial charge in [-0.3, -0.25) is 9.59 Å². The number of nitrogens with one attached hydrogen (secondary N) is 1. The summed E-state index contributed by atoms with van der Waals surface area (Å²) in [5.41, 5.74) is 2.14. The van der Waals surface area contributed by atoms with Gasteiger partial charge in [0.25, 0.3) is 5.91 Å². The first-order chi connectivity index (χ1) is 12.9. The van der Waals surface area contributed by atoms with Crippen molar-refractivity contribution in [3.8, 4) is 0 Å². The Balaban J connectivity index is 1.67. The lowest BCUT2D eigenvalue weighted by Gasteiger charge is -2.40. The molecule has 1 saturated carbocycles. The van der Waals surface area contributed by atoms with Gasteiger partial charge in [-0.15, -0.1) is 0 Å². The summed E-state index contributed by atoms with van der Waals surface area (Å²) in [6.45, 7) is 6.42. The van der Waals surface area contributed by atoms with Crippen LogP contribution in [0.2, 0.25) is 0 Å². The summed E-state index contributed by atoms with van der Waals surface area (Å²) in [4.78, 5) is 27.6. The van der Waals surface area contributed by atoms with Crippen molar-refractivity contribution in [1.29, 1.82) is 0 Å². The highest BCUT2D eigenvalue weighted by atomic mass is 16.5. The zero-order chi connectivity index (χ0) is 19.4. The van der Waals surface area contributed by atoms with Crippen molar-refractivity contribution in [3.63, 3.8) is 0 Å². The molecule has 0 aromatic heterocycles. The number of likely N-dealkylation sites (tertiary alicyclic amines) is 1. The second-order valence-corrected chi connectivity index (χ2v) is 8.36. The number of ether oxygens (including phenoxy) is 1. The first kappa shape index (κ1) is 19.9. The highest BCUT2D eigenvalue weighted by Crippen LogP contribution is 2.45. The van der Waals surface area contributed by atoms with E-state index in [4.69, 9.17) is 4.74 Å². The maximum absolute atomic E-state index is 12.8. The highest BCUT2D eigenvalue weighted by molar-refractivity contribution is 5.98. The van der Waals surface area contributed by atoms with Crippen LogP contribution in [0.1, 0.15) is 61.4 Å². The van der Waals surface area contributed by atoms with E-state index in [1.54, 1.807) is 7.11 Å². The predicted octanol–water partition coefficient (Wildman–Crippen LogP) is 4.01. The Hall–Kier alpha value is -1.88. The smallest absolute Gasteiger partial charge is 0.253 e. The fraction of sp³-hybridized carbons (Fsp3) is 0.636. The van der Waals surface area contributed by atoms with E-state index in [1.807, 2.05) is 30.0 Å². The van der Waals surface area contributed by atoms with Gasteiger partial charge in [0.15, 0.2) is 0 Å². The summed E-state index contributed by atoms with van der Waals surface area (Å²) in [5, 5.41) is 3.10. The zero-order valence-corrected chi connectivity index (χ0v) is 16.8. The Bertz CT molecular complexity index is 697. The third kappa shape index (κ3) is 4.34. The zero-order valence-electron chi connectivity index (χ0n) is 16.8. The van der Waals surface area contributed by atoms with Gasteiger partial charge in [0.1, 0.15) is 0 Å². The minimum absolute atomic E-state index is 0.0813. The molecule has 5 nitrogen and oxygen atoms in total. The van der Waals surface area contributed by atoms with Crippen molar-refractivity contribution in [3.05, 3.63) is 29.3 Å². The molecule has 1 aromatic carbocycles. The van der Waals surface area contributed by atoms with Crippen LogP contribution in [0.4, 0.5) is 5.69 Å². The minimum Gasteiger partial charge on any atom is -0.385 e. The Kier molecular flexibility index (Phi) is 6.20. The molecule has 148 valence electrons. The third-order valence-corrected chi connectivity index (χ3v) is 6.24. The molecular formula is C22H32N2O3. The molecule has 1 heterocycles. The molecule has 27 heavy (non-hydrogen) atoms. The lowest BCUT2D eigenvalue weighted by Crippen LogP contribution is -2.43. The summed E-state index contributed by atoms with van der Waals surface area (Å²) >= 11 is 0. The number of benzene rings is 1. The van der Waals surface area contributed by atoms with E-state index >= 15 is 0 Å². The Morgan fingerprint density at radius 1 is 1.30 bits per heavy atom. The SMILES string of the molecule is COCCC1(C(=O)Nc2ccc(C(=O)N3CCCC(C)C3)cc2C)CCC1. The van der Waals surface area contributed by atoms with Crippen molar-refractivity contribution in [2.45, 2.75) is 52.4 Å². The fourth-order valence-corrected chi connectivity index (χ4v) is 4.24. The highest BCUT2D eigenvalue weighted by Gasteiger charge is 2.43. The lowest BCUT2D eigenvalue weighted by atomic mass is 9.66. The van der Waals surface area contributed by atoms with Gasteiger partial charge in [0.05, 0.1) is 5.41 Å². The van der Waals surface area contributed by atoms with Crippen LogP contribution in [0.15, 0.2) is 18.2 Å². The molecule has 1 unspecified atom stereocenters. The van der Waals surface area contributed by atoms with Crippen LogP contribution in [-0.4, -0.2) is 43.5 Å². The summed E-state index contributed by atoms with van der Waals surface area (Å²) in [7, 11) is 1.67. The molecule has 1 aromatic rings. The molecular weight excluding hydrogens is 340 g/mol. The summed E-state index contributed by atoms with van der Waals surface area (Å²) in [6.07, 6.45) is 5.97. The Morgan fingerprint density at radius 3 is 2.67 bits per heavy atom. The summed E-state index contributed by atoms with van der Waals surface area (Å²) in [6, 6.07) is 5.61. The number of piperidine rings is 1. The first-order valence-electron chi connectivity index (χ1n) is 10.2. The molecule has 1 saturated heterocycles. The molecule has 2 aliphatic rings. The molecule has 3 rings (SSSR count). The predicted molar refractivity (Wildman–Crippen MR) is 107 cm³/mol. The van der Waals surface area contributed by atoms with Gasteiger partial charge in [-0.25, -0.2) is 0 Å². The number of carbonyl (C=O) groups excluding carboxylic acids is 2. The van der Waals surface area contributed by atoms with E-state index in [0.717, 1.165) is 56.4 Å². The maximum atomic E-state index is 12.8. The first-order valence-corrected chi connectivity index (χ1v) is 10.2. The van der Waals surface area contributed by atoms with Crippen LogP contribution in [0.25, 0.3) is 0 Å². The maximum Gasteiger partial charge on any atom is 0.253 e. The van der Waals surface area contributed by atoms with Crippen molar-refractivity contribution in [2.75, 3.05) is 32.1 Å². The van der Waals surface area contributed by atoms with Gasteiger partial charge in [-0.2, -0.15) is 0 Å². The monoisotopic (exact) mass is 372 g/mol. The number of anilines is 1. The molecule has 1 atom stereocenters. The fourth-order valence-electron chi connectivity index (χ4n) is 4.24. The number of hydrogen-bond acceptors (Lipinski definition) is 3. The molecule has 1 aliphatic carbocycles. The molecule has 0 bridgehead atoms. The van der Waals surface area contributed by atoms with Crippen LogP contribution < -0.4 is 5.32 Å². The standard InChI is InChI=1S/C22H32N2O3/c1-16-6-4-12-24(15-16)20(25)18-7-8-19(17(2)14-18)23-21(26)22(9-5-10-22)11-13-27-3/h7-8,14,16H,4-6,9-13,15H2,1-3H3,(H,23,26). The second kappa shape index (κ2) is 8.42. The van der Waals surface area contributed by atoms with E-state index in [0.29, 0.717) is 18.1 Å². The average Bonchev–Trinajstić information content (AvgIpc) is 2.62. The summed E-state index contributed by atoms with van der Waals surface area (Å²) in [5.74, 6) is 0.740. The Labute approximate surface area is 162 Å². The molecule has 5 heteroatoms. The average molecular weight is 373 g/mol. The van der Waals surface area contributed by atoms with Crippen LogP contribution in [-0.2, 0) is 9.53 Å². The van der Waals surface area contributed by atoms with E-state index < -0.39 is 0 Å². The number of aryl methyl sites for hydroxylation is 1. The van der Waals surface area contributed by atoms with Crippen LogP contribution in [0, 0.1) is 18.3 Å². The van der Waals surface area contributed by atoms with Crippen molar-refractivity contribution >= 4 is 17.5 Å². The van der Waals surface area contributed by atoms with Crippen molar-refractivity contribution < 1.29 is 14.3 Å². The van der Waals surface area contributed by atoms with Crippen LogP contribution in [0.5, 0.6) is 0 Å². The molecule has 1 N–H and O–H groups in total. The minimum atomic E-state index is -0.291.